The Labute approximate surface area is 545 Å². The number of nitrogens with two attached hydrogens (primary N) is 1. The van der Waals surface area contributed by atoms with E-state index in [1.165, 1.54) is 66.9 Å². The van der Waals surface area contributed by atoms with Crippen molar-refractivity contribution in [2.45, 2.75) is 75.4 Å². The number of carboxylic acid groups (broad SMARTS) is 1. The fraction of sp³-hybridized carbons (Fsp3) is 0.467. The van der Waals surface area contributed by atoms with Crippen molar-refractivity contribution in [1.82, 2.24) is 29.7 Å². The molecule has 96 heavy (non-hydrogen) atoms. The number of aliphatic hydroxyl groups is 2. The highest BCUT2D eigenvalue weighted by molar-refractivity contribution is 7.46. The zero-order chi connectivity index (χ0) is 68.8. The lowest BCUT2D eigenvalue weighted by Crippen LogP contribution is -2.33. The summed E-state index contributed by atoms with van der Waals surface area (Å²) in [4.78, 5) is 119. The smallest absolute Gasteiger partial charge is 0.351 e. The number of aromatic carboxylic acids is 1. The highest BCUT2D eigenvalue weighted by Gasteiger charge is 2.40. The lowest BCUT2D eigenvalue weighted by molar-refractivity contribution is -0.232. The number of amides is 2. The molecular weight excluding hydrogens is 1310 g/mol. The van der Waals surface area contributed by atoms with Crippen molar-refractivity contribution in [3.05, 3.63) is 137 Å². The molecule has 34 nitrogen and oxygen atoms in total. The number of nitrogens with zero attached hydrogens (tertiary/aromatic N) is 3. The number of aromatic hydroxyl groups is 1. The van der Waals surface area contributed by atoms with Gasteiger partial charge in [-0.3, -0.25) is 42.4 Å². The maximum Gasteiger partial charge on any atom is 0.351 e. The van der Waals surface area contributed by atoms with E-state index in [0.717, 1.165) is 21.4 Å². The van der Waals surface area contributed by atoms with Gasteiger partial charge in [0, 0.05) is 78.6 Å². The average Bonchev–Trinajstić information content (AvgIpc) is 0.942. The van der Waals surface area contributed by atoms with Crippen LogP contribution < -0.4 is 48.5 Å². The molecule has 0 radical (unpaired) electrons. The SMILES string of the molecule is Nc1ccn([C@H]2C[C@@H](O)[C@@H](COP(=O)([O-])OCCOCCOCCOCCOCCOCCOP(=O)([O-])O[C@@H]3C[C@H](n4cc(/C=C/C(=O)NCCCCCCNC(=O)c5ccc(C(=O)O)c(-c6c7ccc(=O)cc-7oc7cc(O)ccc67)c5)c(=O)[nH]c4=O)O[C@@H]3CO)O2)c(=O)n1. The number of fused-ring (bicyclic) bond motifs is 2. The number of phenols is 1. The van der Waals surface area contributed by atoms with Crippen LogP contribution in [0.15, 0.2) is 103 Å². The number of phosphoric ester groups is 2. The molecule has 2 aromatic heterocycles. The largest absolute Gasteiger partial charge is 0.756 e. The average molecular weight is 1390 g/mol. The first-order valence-electron chi connectivity index (χ1n) is 30.3. The Balaban J connectivity index is 0.636. The van der Waals surface area contributed by atoms with Crippen molar-refractivity contribution in [3.63, 3.8) is 0 Å². The summed E-state index contributed by atoms with van der Waals surface area (Å²) in [6, 6.07) is 14.0. The van der Waals surface area contributed by atoms with Gasteiger partial charge in [0.15, 0.2) is 5.43 Å². The van der Waals surface area contributed by atoms with Gasteiger partial charge in [-0.1, -0.05) is 12.8 Å². The van der Waals surface area contributed by atoms with Crippen LogP contribution in [0, 0.1) is 0 Å². The van der Waals surface area contributed by atoms with Gasteiger partial charge in [-0.2, -0.15) is 4.98 Å². The molecule has 8 rings (SSSR count). The van der Waals surface area contributed by atoms with Crippen molar-refractivity contribution in [2.75, 3.05) is 111 Å². The lowest BCUT2D eigenvalue weighted by atomic mass is 9.89. The Morgan fingerprint density at radius 1 is 0.729 bits per heavy atom. The number of hydrogen-bond donors (Lipinski definition) is 8. The summed E-state index contributed by atoms with van der Waals surface area (Å²) in [6.07, 6.45) is 0.116. The monoisotopic (exact) mass is 1390 g/mol. The van der Waals surface area contributed by atoms with Crippen molar-refractivity contribution in [2.24, 2.45) is 0 Å². The number of ether oxygens (including phenoxy) is 7. The van der Waals surface area contributed by atoms with Crippen molar-refractivity contribution in [3.8, 4) is 28.2 Å². The number of aromatic nitrogens is 4. The number of nitrogens with one attached hydrogen (secondary N) is 3. The van der Waals surface area contributed by atoms with Gasteiger partial charge < -0.3 is 102 Å². The number of benzene rings is 3. The molecule has 1 aliphatic carbocycles. The van der Waals surface area contributed by atoms with Gasteiger partial charge in [0.25, 0.3) is 27.1 Å². The molecular formula is C60H73N7O27P2-2. The molecule has 2 unspecified atom stereocenters. The van der Waals surface area contributed by atoms with Gasteiger partial charge in [-0.25, -0.2) is 14.4 Å². The minimum atomic E-state index is -5.01. The summed E-state index contributed by atoms with van der Waals surface area (Å²) in [5.41, 5.74) is 3.88. The van der Waals surface area contributed by atoms with E-state index < -0.39 is 107 Å². The molecule has 2 amide bonds. The van der Waals surface area contributed by atoms with Gasteiger partial charge in [0.1, 0.15) is 47.6 Å². The zero-order valence-electron chi connectivity index (χ0n) is 51.6. The molecule has 2 fully saturated rings. The molecule has 9 N–H and O–H groups in total. The van der Waals surface area contributed by atoms with E-state index >= 15 is 0 Å². The number of aromatic amines is 1. The van der Waals surface area contributed by atoms with Crippen LogP contribution >= 0.6 is 15.6 Å². The summed E-state index contributed by atoms with van der Waals surface area (Å²) in [7, 11) is -9.78. The number of aliphatic hydroxyl groups excluding tert-OH is 2. The van der Waals surface area contributed by atoms with Crippen LogP contribution in [0.1, 0.15) is 77.3 Å². The van der Waals surface area contributed by atoms with E-state index in [0.29, 0.717) is 42.2 Å². The maximum atomic E-state index is 13.4. The molecule has 522 valence electrons. The number of anilines is 1. The number of unbranched alkanes of at least 4 members (excludes halogenated alkanes) is 3. The Morgan fingerprint density at radius 2 is 1.35 bits per heavy atom. The van der Waals surface area contributed by atoms with Crippen molar-refractivity contribution in [1.29, 1.82) is 0 Å². The van der Waals surface area contributed by atoms with Crippen LogP contribution in [0.2, 0.25) is 0 Å². The second-order valence-electron chi connectivity index (χ2n) is 21.5. The number of H-pyrrole nitrogens is 1. The topological polar surface area (TPSA) is 484 Å². The van der Waals surface area contributed by atoms with E-state index in [2.05, 4.69) is 20.6 Å². The summed E-state index contributed by atoms with van der Waals surface area (Å²) >= 11 is 0. The molecule has 4 aromatic rings. The molecule has 8 atom stereocenters. The molecule has 36 heteroatoms. The number of rotatable bonds is 40. The third-order valence-corrected chi connectivity index (χ3v) is 16.7. The van der Waals surface area contributed by atoms with E-state index in [4.69, 9.17) is 61.4 Å². The molecule has 2 saturated heterocycles. The van der Waals surface area contributed by atoms with E-state index in [1.807, 2.05) is 0 Å². The molecule has 5 heterocycles. The Kier molecular flexibility index (Phi) is 27.8. The van der Waals surface area contributed by atoms with Gasteiger partial charge in [0.05, 0.1) is 116 Å². The van der Waals surface area contributed by atoms with Crippen LogP contribution in [-0.4, -0.2) is 187 Å². The quantitative estimate of drug-likeness (QED) is 0.0116. The predicted octanol–water partition coefficient (Wildman–Crippen LogP) is 1.16. The number of carboxylic acids is 1. The number of phenolic OH excluding ortho intramolecular Hbond substituents is 1. The van der Waals surface area contributed by atoms with Crippen LogP contribution in [0.3, 0.4) is 0 Å². The van der Waals surface area contributed by atoms with E-state index in [9.17, 15) is 72.9 Å². The molecule has 0 spiro atoms. The minimum absolute atomic E-state index is 0.00628. The molecule has 4 aliphatic rings. The standard InChI is InChI=1S/C60H75N7O27P2/c61-51-13-16-66(59(77)64-51)53-32-45(71)50(93-53)36-90-95(79,80)88-27-25-86-23-21-84-19-17-83-18-20-85-22-24-87-26-28-89-96(81,82)94-48-33-54(92-49(48)35-68)67-34-38(57(74)65-60(67)78)6-12-52(72)62-14-3-1-2-4-15-63-56(73)37-5-9-41(58(75)76)44(29-37)55-42-10-7-39(69)30-46(42)91-47-31-40(70)8-11-43(47)55/h5-13,16,29-31,34,45,48-50,53-54,68-69,71H,1-4,14-15,17-28,32-33,35-36H2,(H,62,72)(H,63,73)(H,75,76)(H,79,80)(H,81,82)(H2,61,64,77)(H,65,74,78)/p-2/b12-6+/t45-,48-,49-,50-,53-,54-/m1/s1. The van der Waals surface area contributed by atoms with Crippen molar-refractivity contribution < 1.29 is 109 Å². The summed E-state index contributed by atoms with van der Waals surface area (Å²) in [6.45, 7) is -0.298. The third-order valence-electron chi connectivity index (χ3n) is 14.7. The molecule has 3 aliphatic heterocycles. The summed E-state index contributed by atoms with van der Waals surface area (Å²) in [5.74, 6) is -2.19. The second kappa shape index (κ2) is 36.0. The van der Waals surface area contributed by atoms with Crippen molar-refractivity contribution >= 4 is 56.3 Å². The number of carbonyl (C=O) groups excluding carboxylic acids is 2. The fourth-order valence-electron chi connectivity index (χ4n) is 10.0. The van der Waals surface area contributed by atoms with Gasteiger partial charge in [-0.05, 0) is 73.0 Å². The Hall–Kier alpha value is -7.70. The summed E-state index contributed by atoms with van der Waals surface area (Å²) in [5, 5.41) is 46.5. The Bertz CT molecular complexity index is 3960. The molecule has 2 aromatic carbocycles. The van der Waals surface area contributed by atoms with E-state index in [-0.39, 0.29) is 149 Å². The third kappa shape index (κ3) is 21.9. The fourth-order valence-corrected chi connectivity index (χ4v) is 11.6. The molecule has 0 bridgehead atoms. The van der Waals surface area contributed by atoms with Crippen LogP contribution in [0.5, 0.6) is 5.75 Å². The molecule has 0 saturated carbocycles. The van der Waals surface area contributed by atoms with Gasteiger partial charge >= 0.3 is 17.3 Å². The summed E-state index contributed by atoms with van der Waals surface area (Å²) < 4.78 is 90.8. The predicted molar refractivity (Wildman–Crippen MR) is 332 cm³/mol. The Morgan fingerprint density at radius 3 is 2.00 bits per heavy atom. The first kappa shape index (κ1) is 74.1. The number of hydrogen-bond acceptors (Lipinski definition) is 28. The van der Waals surface area contributed by atoms with E-state index in [1.54, 1.807) is 6.07 Å². The number of nitrogen functional groups attached to an aromatic ring is 1. The van der Waals surface area contributed by atoms with Crippen LogP contribution in [-0.2, 0) is 65.2 Å². The van der Waals surface area contributed by atoms with Gasteiger partial charge in [0.2, 0.25) is 5.91 Å². The number of phosphoric acid groups is 2. The van der Waals surface area contributed by atoms with Gasteiger partial charge in [-0.15, -0.1) is 0 Å². The maximum absolute atomic E-state index is 13.4. The number of carbonyl (C=O) groups is 3. The first-order valence-corrected chi connectivity index (χ1v) is 33.2. The highest BCUT2D eigenvalue weighted by Crippen LogP contribution is 2.46. The minimum Gasteiger partial charge on any atom is -0.756 e. The van der Waals surface area contributed by atoms with Crippen LogP contribution in [0.4, 0.5) is 5.82 Å². The highest BCUT2D eigenvalue weighted by atomic mass is 31.2. The van der Waals surface area contributed by atoms with Crippen LogP contribution in [0.25, 0.3) is 39.5 Å². The second-order valence-corrected chi connectivity index (χ2v) is 24.3. The zero-order valence-corrected chi connectivity index (χ0v) is 53.4. The normalized spacial score (nSPS) is 19.2. The lowest BCUT2D eigenvalue weighted by Gasteiger charge is -2.27. The first-order chi connectivity index (χ1) is 46.1.